The largest absolute Gasteiger partial charge is 0.274 e. The molecule has 1 heterocycles. The SMILES string of the molecule is CCC1(CC)CC(=O)N(c2ccc(F)c(C#N)c2)C1=O. The minimum Gasteiger partial charge on any atom is -0.274 e. The second kappa shape index (κ2) is 5.04. The van der Waals surface area contributed by atoms with Gasteiger partial charge in [0.15, 0.2) is 0 Å². The van der Waals surface area contributed by atoms with E-state index >= 15 is 0 Å². The number of amides is 2. The Kier molecular flexibility index (Phi) is 3.58. The average Bonchev–Trinajstić information content (AvgIpc) is 2.71. The first-order chi connectivity index (χ1) is 9.49. The maximum Gasteiger partial charge on any atom is 0.240 e. The number of hydrogen-bond donors (Lipinski definition) is 0. The summed E-state index contributed by atoms with van der Waals surface area (Å²) in [5, 5.41) is 8.83. The van der Waals surface area contributed by atoms with Crippen LogP contribution in [0.4, 0.5) is 10.1 Å². The second-order valence-electron chi connectivity index (χ2n) is 4.97. The highest BCUT2D eigenvalue weighted by atomic mass is 19.1. The van der Waals surface area contributed by atoms with Gasteiger partial charge < -0.3 is 0 Å². The van der Waals surface area contributed by atoms with Gasteiger partial charge in [0.25, 0.3) is 0 Å². The summed E-state index contributed by atoms with van der Waals surface area (Å²) in [5.41, 5.74) is -0.575. The van der Waals surface area contributed by atoms with Crippen LogP contribution in [0.2, 0.25) is 0 Å². The number of hydrogen-bond acceptors (Lipinski definition) is 3. The molecule has 4 nitrogen and oxygen atoms in total. The number of halogens is 1. The lowest BCUT2D eigenvalue weighted by Crippen LogP contribution is -2.35. The number of carbonyl (C=O) groups excluding carboxylic acids is 2. The Bertz CT molecular complexity index is 615. The van der Waals surface area contributed by atoms with Gasteiger partial charge in [-0.1, -0.05) is 13.8 Å². The molecule has 1 aromatic carbocycles. The van der Waals surface area contributed by atoms with E-state index in [9.17, 15) is 14.0 Å². The van der Waals surface area contributed by atoms with E-state index in [4.69, 9.17) is 5.26 Å². The second-order valence-corrected chi connectivity index (χ2v) is 4.97. The fourth-order valence-electron chi connectivity index (χ4n) is 2.60. The first-order valence-electron chi connectivity index (χ1n) is 6.56. The van der Waals surface area contributed by atoms with Gasteiger partial charge in [-0.25, -0.2) is 4.39 Å². The molecule has 2 rings (SSSR count). The quantitative estimate of drug-likeness (QED) is 0.796. The molecule has 1 aromatic rings. The van der Waals surface area contributed by atoms with Crippen LogP contribution in [-0.2, 0) is 9.59 Å². The van der Waals surface area contributed by atoms with Crippen molar-refractivity contribution < 1.29 is 14.0 Å². The van der Waals surface area contributed by atoms with Crippen molar-refractivity contribution in [3.63, 3.8) is 0 Å². The molecule has 1 saturated heterocycles. The Hall–Kier alpha value is -2.22. The lowest BCUT2D eigenvalue weighted by atomic mass is 9.81. The molecule has 20 heavy (non-hydrogen) atoms. The first-order valence-corrected chi connectivity index (χ1v) is 6.56. The normalized spacial score (nSPS) is 17.4. The fourth-order valence-corrected chi connectivity index (χ4v) is 2.60. The van der Waals surface area contributed by atoms with Crippen LogP contribution in [0, 0.1) is 22.6 Å². The predicted octanol–water partition coefficient (Wildman–Crippen LogP) is 2.77. The molecule has 0 saturated carbocycles. The molecule has 1 aliphatic rings. The number of nitriles is 1. The van der Waals surface area contributed by atoms with Crippen molar-refractivity contribution in [1.82, 2.24) is 0 Å². The molecule has 0 bridgehead atoms. The third kappa shape index (κ3) is 1.97. The van der Waals surface area contributed by atoms with Crippen LogP contribution in [0.15, 0.2) is 18.2 Å². The molecule has 104 valence electrons. The van der Waals surface area contributed by atoms with Crippen molar-refractivity contribution in [2.45, 2.75) is 33.1 Å². The van der Waals surface area contributed by atoms with E-state index < -0.39 is 11.2 Å². The molecule has 0 aliphatic carbocycles. The lowest BCUT2D eigenvalue weighted by Gasteiger charge is -2.23. The van der Waals surface area contributed by atoms with E-state index in [1.165, 1.54) is 12.1 Å². The van der Waals surface area contributed by atoms with Crippen molar-refractivity contribution in [2.24, 2.45) is 5.41 Å². The number of rotatable bonds is 3. The fraction of sp³-hybridized carbons (Fsp3) is 0.400. The predicted molar refractivity (Wildman–Crippen MR) is 71.2 cm³/mol. The molecule has 0 radical (unpaired) electrons. The lowest BCUT2D eigenvalue weighted by molar-refractivity contribution is -0.126. The maximum atomic E-state index is 13.3. The first kappa shape index (κ1) is 14.2. The standard InChI is InChI=1S/C15H15FN2O2/c1-3-15(4-2)8-13(19)18(14(15)20)11-5-6-12(16)10(7-11)9-17/h5-7H,3-4,8H2,1-2H3. The molecular formula is C15H15FN2O2. The summed E-state index contributed by atoms with van der Waals surface area (Å²) < 4.78 is 13.3. The molecule has 0 aromatic heterocycles. The van der Waals surface area contributed by atoms with Gasteiger partial charge in [0.05, 0.1) is 16.7 Å². The highest BCUT2D eigenvalue weighted by molar-refractivity contribution is 6.22. The molecule has 1 aliphatic heterocycles. The van der Waals surface area contributed by atoms with Crippen LogP contribution in [0.1, 0.15) is 38.7 Å². The van der Waals surface area contributed by atoms with Crippen LogP contribution in [0.3, 0.4) is 0 Å². The molecular weight excluding hydrogens is 259 g/mol. The number of nitrogens with zero attached hydrogens (tertiary/aromatic N) is 2. The van der Waals surface area contributed by atoms with Crippen LogP contribution >= 0.6 is 0 Å². The van der Waals surface area contributed by atoms with E-state index in [1.807, 2.05) is 13.8 Å². The van der Waals surface area contributed by atoms with Gasteiger partial charge in [0.1, 0.15) is 11.9 Å². The Balaban J connectivity index is 2.46. The molecule has 0 spiro atoms. The van der Waals surface area contributed by atoms with Crippen LogP contribution in [0.25, 0.3) is 0 Å². The molecule has 2 amide bonds. The van der Waals surface area contributed by atoms with Gasteiger partial charge in [0.2, 0.25) is 11.8 Å². The third-order valence-corrected chi connectivity index (χ3v) is 4.08. The van der Waals surface area contributed by atoms with E-state index in [2.05, 4.69) is 0 Å². The van der Waals surface area contributed by atoms with Crippen molar-refractivity contribution in [3.8, 4) is 6.07 Å². The topological polar surface area (TPSA) is 61.2 Å². The van der Waals surface area contributed by atoms with Crippen molar-refractivity contribution >= 4 is 17.5 Å². The summed E-state index contributed by atoms with van der Waals surface area (Å²) in [7, 11) is 0. The van der Waals surface area contributed by atoms with Gasteiger partial charge >= 0.3 is 0 Å². The highest BCUT2D eigenvalue weighted by Gasteiger charge is 2.49. The molecule has 0 N–H and O–H groups in total. The molecule has 0 atom stereocenters. The van der Waals surface area contributed by atoms with E-state index in [0.717, 1.165) is 11.0 Å². The smallest absolute Gasteiger partial charge is 0.240 e. The number of imide groups is 1. The molecule has 0 unspecified atom stereocenters. The zero-order chi connectivity index (χ0) is 14.9. The van der Waals surface area contributed by atoms with Gasteiger partial charge in [-0.2, -0.15) is 5.26 Å². The summed E-state index contributed by atoms with van der Waals surface area (Å²) in [6.45, 7) is 3.76. The van der Waals surface area contributed by atoms with Crippen molar-refractivity contribution in [2.75, 3.05) is 4.90 Å². The van der Waals surface area contributed by atoms with Gasteiger partial charge in [-0.3, -0.25) is 14.5 Å². The minimum absolute atomic E-state index is 0.165. The average molecular weight is 274 g/mol. The van der Waals surface area contributed by atoms with Gasteiger partial charge in [-0.15, -0.1) is 0 Å². The highest BCUT2D eigenvalue weighted by Crippen LogP contribution is 2.41. The van der Waals surface area contributed by atoms with Crippen molar-refractivity contribution in [1.29, 1.82) is 5.26 Å². The molecule has 1 fully saturated rings. The zero-order valence-electron chi connectivity index (χ0n) is 11.4. The monoisotopic (exact) mass is 274 g/mol. The zero-order valence-corrected chi connectivity index (χ0v) is 11.4. The van der Waals surface area contributed by atoms with Crippen LogP contribution in [-0.4, -0.2) is 11.8 Å². The number of carbonyl (C=O) groups is 2. The van der Waals surface area contributed by atoms with Crippen LogP contribution < -0.4 is 4.90 Å². The summed E-state index contributed by atoms with van der Waals surface area (Å²) in [6.07, 6.45) is 1.33. The summed E-state index contributed by atoms with van der Waals surface area (Å²) in [4.78, 5) is 25.7. The minimum atomic E-state index is -0.668. The molecule has 5 heteroatoms. The number of anilines is 1. The van der Waals surface area contributed by atoms with E-state index in [0.29, 0.717) is 12.8 Å². The maximum absolute atomic E-state index is 13.3. The number of benzene rings is 1. The Morgan fingerprint density at radius 1 is 1.35 bits per heavy atom. The van der Waals surface area contributed by atoms with Crippen molar-refractivity contribution in [3.05, 3.63) is 29.6 Å². The Labute approximate surface area is 116 Å². The van der Waals surface area contributed by atoms with E-state index in [-0.39, 0.29) is 29.5 Å². The van der Waals surface area contributed by atoms with Gasteiger partial charge in [0, 0.05) is 6.42 Å². The summed E-state index contributed by atoms with van der Waals surface area (Å²) >= 11 is 0. The summed E-state index contributed by atoms with van der Waals surface area (Å²) in [5.74, 6) is -1.22. The third-order valence-electron chi connectivity index (χ3n) is 4.08. The Morgan fingerprint density at radius 3 is 2.50 bits per heavy atom. The summed E-state index contributed by atoms with van der Waals surface area (Å²) in [6, 6.07) is 5.41. The van der Waals surface area contributed by atoms with Gasteiger partial charge in [-0.05, 0) is 31.0 Å². The van der Waals surface area contributed by atoms with Crippen LogP contribution in [0.5, 0.6) is 0 Å². The van der Waals surface area contributed by atoms with E-state index in [1.54, 1.807) is 6.07 Å². The Morgan fingerprint density at radius 2 is 2.00 bits per heavy atom.